The van der Waals surface area contributed by atoms with E-state index < -0.39 is 11.6 Å². The minimum absolute atomic E-state index is 0.138. The van der Waals surface area contributed by atoms with Crippen molar-refractivity contribution in [3.8, 4) is 17.2 Å². The normalized spacial score (nSPS) is 18.8. The van der Waals surface area contributed by atoms with Crippen molar-refractivity contribution in [2.75, 3.05) is 0 Å². The zero-order valence-corrected chi connectivity index (χ0v) is 33.5. The summed E-state index contributed by atoms with van der Waals surface area (Å²) < 4.78 is 17.5. The second-order valence-electron chi connectivity index (χ2n) is 17.4. The summed E-state index contributed by atoms with van der Waals surface area (Å²) >= 11 is 0. The van der Waals surface area contributed by atoms with Crippen molar-refractivity contribution in [3.05, 3.63) is 125 Å². The van der Waals surface area contributed by atoms with Crippen LogP contribution in [-0.4, -0.2) is 17.5 Å². The van der Waals surface area contributed by atoms with Gasteiger partial charge in [0.25, 0.3) is 0 Å². The van der Waals surface area contributed by atoms with E-state index in [2.05, 4.69) is 84.9 Å². The Labute approximate surface area is 318 Å². The fourth-order valence-electron chi connectivity index (χ4n) is 8.35. The van der Waals surface area contributed by atoms with E-state index >= 15 is 0 Å². The topological polar surface area (TPSA) is 61.8 Å². The maximum Gasteiger partial charge on any atom is 0.343 e. The van der Waals surface area contributed by atoms with Crippen LogP contribution in [0.5, 0.6) is 17.2 Å². The molecule has 4 aromatic carbocycles. The fraction of sp³-hybridized carbons (Fsp3) is 0.458. The van der Waals surface area contributed by atoms with Crippen molar-refractivity contribution >= 4 is 11.9 Å². The maximum absolute atomic E-state index is 13.2. The summed E-state index contributed by atoms with van der Waals surface area (Å²) in [7, 11) is 0. The third-order valence-electron chi connectivity index (χ3n) is 11.1. The lowest BCUT2D eigenvalue weighted by Crippen LogP contribution is -2.33. The molecule has 1 aliphatic carbocycles. The van der Waals surface area contributed by atoms with Gasteiger partial charge in [0.1, 0.15) is 22.8 Å². The van der Waals surface area contributed by atoms with Gasteiger partial charge in [0, 0.05) is 5.41 Å². The van der Waals surface area contributed by atoms with Gasteiger partial charge in [-0.3, -0.25) is 0 Å². The zero-order valence-electron chi connectivity index (χ0n) is 33.5. The van der Waals surface area contributed by atoms with E-state index in [4.69, 9.17) is 14.2 Å². The van der Waals surface area contributed by atoms with Crippen molar-refractivity contribution in [2.24, 2.45) is 11.3 Å². The van der Waals surface area contributed by atoms with E-state index in [-0.39, 0.29) is 22.2 Å². The minimum atomic E-state index is -0.514. The molecule has 0 aliphatic heterocycles. The van der Waals surface area contributed by atoms with E-state index in [1.807, 2.05) is 26.0 Å². The summed E-state index contributed by atoms with van der Waals surface area (Å²) in [4.78, 5) is 25.8. The number of carbonyl (C=O) groups is 2. The molecule has 1 saturated carbocycles. The summed E-state index contributed by atoms with van der Waals surface area (Å²) in [5.41, 5.74) is 4.60. The van der Waals surface area contributed by atoms with Crippen molar-refractivity contribution in [1.29, 1.82) is 0 Å². The Morgan fingerprint density at radius 2 is 1.17 bits per heavy atom. The first kappa shape index (κ1) is 39.8. The number of benzene rings is 4. The number of carbonyl (C=O) groups excluding carboxylic acids is 2. The SMILES string of the molecule is CCCC(C)(C)OC(=O)c1ccc(Oc2ccc(C(=O)Oc3ccc(C4(c5ccc(C(C)(C)CCC)cc5)CC(C)CCC(C)(C)C4)cc3)cc2)cc1. The van der Waals surface area contributed by atoms with Crippen molar-refractivity contribution in [2.45, 2.75) is 130 Å². The van der Waals surface area contributed by atoms with Crippen LogP contribution in [0.25, 0.3) is 0 Å². The molecule has 0 aromatic heterocycles. The van der Waals surface area contributed by atoms with Crippen LogP contribution in [0.1, 0.15) is 151 Å². The number of esters is 2. The van der Waals surface area contributed by atoms with Crippen molar-refractivity contribution in [1.82, 2.24) is 0 Å². The Balaban J connectivity index is 1.28. The smallest absolute Gasteiger partial charge is 0.343 e. The van der Waals surface area contributed by atoms with Crippen LogP contribution in [0.15, 0.2) is 97.1 Å². The molecule has 2 unspecified atom stereocenters. The van der Waals surface area contributed by atoms with Crippen LogP contribution < -0.4 is 9.47 Å². The van der Waals surface area contributed by atoms with Gasteiger partial charge < -0.3 is 14.2 Å². The molecule has 0 spiro atoms. The zero-order chi connectivity index (χ0) is 38.4. The van der Waals surface area contributed by atoms with Gasteiger partial charge in [-0.2, -0.15) is 0 Å². The van der Waals surface area contributed by atoms with Gasteiger partial charge in [-0.1, -0.05) is 104 Å². The quantitative estimate of drug-likeness (QED) is 0.0783. The highest BCUT2D eigenvalue weighted by molar-refractivity contribution is 5.91. The molecule has 0 heterocycles. The molecule has 4 aromatic rings. The molecule has 282 valence electrons. The first-order valence-electron chi connectivity index (χ1n) is 19.6. The molecule has 1 fully saturated rings. The Kier molecular flexibility index (Phi) is 12.3. The summed E-state index contributed by atoms with van der Waals surface area (Å²) in [5, 5.41) is 0. The number of hydrogen-bond donors (Lipinski definition) is 0. The summed E-state index contributed by atoms with van der Waals surface area (Å²) in [6.07, 6.45) is 8.61. The lowest BCUT2D eigenvalue weighted by atomic mass is 9.63. The Morgan fingerprint density at radius 1 is 0.679 bits per heavy atom. The van der Waals surface area contributed by atoms with Gasteiger partial charge in [0.05, 0.1) is 11.1 Å². The predicted molar refractivity (Wildman–Crippen MR) is 215 cm³/mol. The second-order valence-corrected chi connectivity index (χ2v) is 17.4. The number of rotatable bonds is 13. The van der Waals surface area contributed by atoms with Gasteiger partial charge in [-0.05, 0) is 140 Å². The molecule has 5 heteroatoms. The summed E-state index contributed by atoms with van der Waals surface area (Å²) in [6, 6.07) is 31.4. The van der Waals surface area contributed by atoms with E-state index in [0.717, 1.165) is 38.5 Å². The minimum Gasteiger partial charge on any atom is -0.457 e. The van der Waals surface area contributed by atoms with E-state index in [0.29, 0.717) is 34.3 Å². The molecule has 5 rings (SSSR count). The highest BCUT2D eigenvalue weighted by Gasteiger charge is 2.43. The highest BCUT2D eigenvalue weighted by atomic mass is 16.6. The third-order valence-corrected chi connectivity index (χ3v) is 11.1. The lowest BCUT2D eigenvalue weighted by molar-refractivity contribution is -0.00474. The number of hydrogen-bond acceptors (Lipinski definition) is 5. The van der Waals surface area contributed by atoms with Gasteiger partial charge in [0.15, 0.2) is 0 Å². The van der Waals surface area contributed by atoms with E-state index in [1.165, 1.54) is 29.5 Å². The molecular weight excluding hydrogens is 657 g/mol. The van der Waals surface area contributed by atoms with Crippen molar-refractivity contribution < 1.29 is 23.8 Å². The molecule has 0 N–H and O–H groups in total. The third kappa shape index (κ3) is 9.99. The maximum atomic E-state index is 13.2. The molecule has 1 aliphatic rings. The van der Waals surface area contributed by atoms with Crippen LogP contribution in [0.4, 0.5) is 0 Å². The Morgan fingerprint density at radius 3 is 1.70 bits per heavy atom. The first-order valence-corrected chi connectivity index (χ1v) is 19.6. The Bertz CT molecular complexity index is 1820. The van der Waals surface area contributed by atoms with Crippen LogP contribution in [-0.2, 0) is 15.6 Å². The van der Waals surface area contributed by atoms with Crippen LogP contribution in [0, 0.1) is 11.3 Å². The Hall–Kier alpha value is -4.38. The molecule has 0 saturated heterocycles. The van der Waals surface area contributed by atoms with Crippen LogP contribution >= 0.6 is 0 Å². The molecule has 53 heavy (non-hydrogen) atoms. The largest absolute Gasteiger partial charge is 0.457 e. The predicted octanol–water partition coefficient (Wildman–Crippen LogP) is 13.0. The monoisotopic (exact) mass is 716 g/mol. The fourth-order valence-corrected chi connectivity index (χ4v) is 8.35. The molecule has 2 atom stereocenters. The average Bonchev–Trinajstić information content (AvgIpc) is 3.24. The van der Waals surface area contributed by atoms with Crippen LogP contribution in [0.2, 0.25) is 0 Å². The highest BCUT2D eigenvalue weighted by Crippen LogP contribution is 2.52. The molecule has 0 radical (unpaired) electrons. The van der Waals surface area contributed by atoms with Crippen LogP contribution in [0.3, 0.4) is 0 Å². The standard InChI is InChI=1S/C48H60O5/c1-10-29-46(6,7)37-16-18-38(19-17-37)48(32-34(3)28-31-45(4,5)33-48)39-20-26-42(27-21-39)52-43(49)35-12-22-40(23-13-35)51-41-24-14-36(15-25-41)44(50)53-47(8,9)30-11-2/h12-27,34H,10-11,28-33H2,1-9H3. The molecule has 5 nitrogen and oxygen atoms in total. The van der Waals surface area contributed by atoms with Crippen molar-refractivity contribution in [3.63, 3.8) is 0 Å². The second kappa shape index (κ2) is 16.3. The number of ether oxygens (including phenoxy) is 3. The van der Waals surface area contributed by atoms with Gasteiger partial charge >= 0.3 is 11.9 Å². The molecular formula is C48H60O5. The van der Waals surface area contributed by atoms with Gasteiger partial charge in [-0.25, -0.2) is 9.59 Å². The molecule has 0 amide bonds. The molecule has 0 bridgehead atoms. The lowest BCUT2D eigenvalue weighted by Gasteiger charge is -2.40. The first-order chi connectivity index (χ1) is 25.0. The van der Waals surface area contributed by atoms with E-state index in [1.54, 1.807) is 48.5 Å². The van der Waals surface area contributed by atoms with E-state index in [9.17, 15) is 9.59 Å². The van der Waals surface area contributed by atoms with Gasteiger partial charge in [-0.15, -0.1) is 0 Å². The summed E-state index contributed by atoms with van der Waals surface area (Å²) in [6.45, 7) is 20.1. The van der Waals surface area contributed by atoms with Gasteiger partial charge in [0.2, 0.25) is 0 Å². The summed E-state index contributed by atoms with van der Waals surface area (Å²) in [5.74, 6) is 1.46. The average molecular weight is 717 g/mol.